The van der Waals surface area contributed by atoms with Crippen LogP contribution in [0.5, 0.6) is 0 Å². The van der Waals surface area contributed by atoms with Gasteiger partial charge in [0.25, 0.3) is 0 Å². The van der Waals surface area contributed by atoms with Crippen molar-refractivity contribution in [1.29, 1.82) is 0 Å². The number of nitrogens with two attached hydrogens (primary N) is 1. The molecule has 0 aliphatic carbocycles. The zero-order chi connectivity index (χ0) is 9.78. The molecule has 2 N–H and O–H groups in total. The first-order chi connectivity index (χ1) is 5.37. The fourth-order valence-corrected chi connectivity index (χ4v) is 0.643. The molecule has 0 rings (SSSR count). The number of carbonyl (C=O) groups excluding carboxylic acids is 1. The normalized spacial score (nSPS) is 14.4. The predicted molar refractivity (Wildman–Crippen MR) is 38.5 cm³/mol. The fraction of sp³-hybridized carbons (Fsp3) is 0.857. The van der Waals surface area contributed by atoms with Gasteiger partial charge in [0.2, 0.25) is 0 Å². The third-order valence-corrected chi connectivity index (χ3v) is 1.56. The Morgan fingerprint density at radius 2 is 2.00 bits per heavy atom. The predicted octanol–water partition coefficient (Wildman–Crippen LogP) is 1.49. The topological polar surface area (TPSA) is 43.1 Å². The number of rotatable bonds is 4. The summed E-state index contributed by atoms with van der Waals surface area (Å²) in [7, 11) is 0. The molecule has 0 spiro atoms. The highest BCUT2D eigenvalue weighted by molar-refractivity contribution is 5.80. The van der Waals surface area contributed by atoms with E-state index in [9.17, 15) is 18.0 Å². The monoisotopic (exact) mass is 183 g/mol. The molecule has 5 heteroatoms. The lowest BCUT2D eigenvalue weighted by Gasteiger charge is -2.08. The van der Waals surface area contributed by atoms with Gasteiger partial charge in [-0.25, -0.2) is 0 Å². The van der Waals surface area contributed by atoms with Crippen LogP contribution < -0.4 is 5.73 Å². The van der Waals surface area contributed by atoms with Gasteiger partial charge < -0.3 is 5.73 Å². The summed E-state index contributed by atoms with van der Waals surface area (Å²) in [6, 6.07) is 0. The van der Waals surface area contributed by atoms with Gasteiger partial charge in [-0.2, -0.15) is 13.2 Å². The van der Waals surface area contributed by atoms with Crippen molar-refractivity contribution >= 4 is 5.78 Å². The highest BCUT2D eigenvalue weighted by atomic mass is 19.4. The van der Waals surface area contributed by atoms with Crippen molar-refractivity contribution in [2.45, 2.75) is 25.9 Å². The first kappa shape index (κ1) is 11.4. The molecule has 0 radical (unpaired) electrons. The molecule has 2 nitrogen and oxygen atoms in total. The zero-order valence-electron chi connectivity index (χ0n) is 6.82. The van der Waals surface area contributed by atoms with Gasteiger partial charge in [-0.15, -0.1) is 0 Å². The van der Waals surface area contributed by atoms with Crippen molar-refractivity contribution in [3.05, 3.63) is 0 Å². The molecule has 0 saturated heterocycles. The number of Topliss-reactive ketones (excluding diaryl/α,β-unsaturated/α-hetero) is 1. The smallest absolute Gasteiger partial charge is 0.330 e. The average Bonchev–Trinajstić information content (AvgIpc) is 1.97. The van der Waals surface area contributed by atoms with E-state index in [1.807, 2.05) is 0 Å². The summed E-state index contributed by atoms with van der Waals surface area (Å²) in [6.45, 7) is 1.63. The molecule has 1 atom stereocenters. The minimum atomic E-state index is -4.25. The van der Waals surface area contributed by atoms with E-state index in [1.54, 1.807) is 0 Å². The Morgan fingerprint density at radius 3 is 2.33 bits per heavy atom. The van der Waals surface area contributed by atoms with E-state index in [2.05, 4.69) is 0 Å². The van der Waals surface area contributed by atoms with Gasteiger partial charge in [0.1, 0.15) is 5.78 Å². The standard InChI is InChI=1S/C7H12F3NO/c1-5(4-11)6(12)2-3-7(8,9)10/h5H,2-4,11H2,1H3. The van der Waals surface area contributed by atoms with Crippen molar-refractivity contribution < 1.29 is 18.0 Å². The molecule has 0 saturated carbocycles. The maximum atomic E-state index is 11.6. The van der Waals surface area contributed by atoms with Crippen LogP contribution in [-0.4, -0.2) is 18.5 Å². The van der Waals surface area contributed by atoms with Crippen LogP contribution in [0.4, 0.5) is 13.2 Å². The first-order valence-corrected chi connectivity index (χ1v) is 3.66. The van der Waals surface area contributed by atoms with E-state index in [4.69, 9.17) is 5.73 Å². The molecule has 0 heterocycles. The highest BCUT2D eigenvalue weighted by Crippen LogP contribution is 2.22. The Bertz CT molecular complexity index is 155. The highest BCUT2D eigenvalue weighted by Gasteiger charge is 2.28. The summed E-state index contributed by atoms with van der Waals surface area (Å²) in [4.78, 5) is 10.8. The van der Waals surface area contributed by atoms with E-state index in [0.717, 1.165) is 0 Å². The van der Waals surface area contributed by atoms with Crippen LogP contribution >= 0.6 is 0 Å². The summed E-state index contributed by atoms with van der Waals surface area (Å²) in [5.74, 6) is -0.887. The lowest BCUT2D eigenvalue weighted by Crippen LogP contribution is -2.22. The number of halogens is 3. The van der Waals surface area contributed by atoms with Crippen LogP contribution in [0.3, 0.4) is 0 Å². The van der Waals surface area contributed by atoms with Gasteiger partial charge in [-0.1, -0.05) is 6.92 Å². The lowest BCUT2D eigenvalue weighted by molar-refractivity contribution is -0.144. The Morgan fingerprint density at radius 1 is 1.50 bits per heavy atom. The van der Waals surface area contributed by atoms with Crippen LogP contribution in [-0.2, 0) is 4.79 Å². The number of ketones is 1. The maximum absolute atomic E-state index is 11.6. The second kappa shape index (κ2) is 4.45. The summed E-state index contributed by atoms with van der Waals surface area (Å²) in [5.41, 5.74) is 5.11. The van der Waals surface area contributed by atoms with Gasteiger partial charge in [-0.05, 0) is 0 Å². The molecule has 0 fully saturated rings. The minimum absolute atomic E-state index is 0.108. The van der Waals surface area contributed by atoms with E-state index in [-0.39, 0.29) is 6.54 Å². The SMILES string of the molecule is CC(CN)C(=O)CCC(F)(F)F. The summed E-state index contributed by atoms with van der Waals surface area (Å²) < 4.78 is 34.8. The molecule has 1 unspecified atom stereocenters. The van der Waals surface area contributed by atoms with E-state index >= 15 is 0 Å². The second-order valence-corrected chi connectivity index (χ2v) is 2.72. The van der Waals surface area contributed by atoms with Crippen molar-refractivity contribution in [1.82, 2.24) is 0 Å². The third-order valence-electron chi connectivity index (χ3n) is 1.56. The molecule has 0 aromatic rings. The van der Waals surface area contributed by atoms with E-state index in [1.165, 1.54) is 6.92 Å². The fourth-order valence-electron chi connectivity index (χ4n) is 0.643. The molecule has 12 heavy (non-hydrogen) atoms. The van der Waals surface area contributed by atoms with Gasteiger partial charge in [-0.3, -0.25) is 4.79 Å². The first-order valence-electron chi connectivity index (χ1n) is 3.66. The Hall–Kier alpha value is -0.580. The van der Waals surface area contributed by atoms with Gasteiger partial charge in [0.05, 0.1) is 6.42 Å². The van der Waals surface area contributed by atoms with Crippen molar-refractivity contribution in [2.24, 2.45) is 11.7 Å². The molecule has 0 bridgehead atoms. The molecular weight excluding hydrogens is 171 g/mol. The number of hydrogen-bond donors (Lipinski definition) is 1. The van der Waals surface area contributed by atoms with E-state index in [0.29, 0.717) is 0 Å². The molecule has 0 amide bonds. The number of alkyl halides is 3. The minimum Gasteiger partial charge on any atom is -0.330 e. The molecular formula is C7H12F3NO. The second-order valence-electron chi connectivity index (χ2n) is 2.72. The summed E-state index contributed by atoms with van der Waals surface area (Å²) in [5, 5.41) is 0. The Labute approximate surface area is 68.9 Å². The number of hydrogen-bond acceptors (Lipinski definition) is 2. The Kier molecular flexibility index (Phi) is 4.23. The third kappa shape index (κ3) is 5.12. The van der Waals surface area contributed by atoms with E-state index < -0.39 is 30.7 Å². The lowest BCUT2D eigenvalue weighted by atomic mass is 10.0. The maximum Gasteiger partial charge on any atom is 0.389 e. The largest absolute Gasteiger partial charge is 0.389 e. The van der Waals surface area contributed by atoms with Gasteiger partial charge in [0.15, 0.2) is 0 Å². The van der Waals surface area contributed by atoms with Crippen molar-refractivity contribution in [3.8, 4) is 0 Å². The van der Waals surface area contributed by atoms with Crippen LogP contribution in [0.2, 0.25) is 0 Å². The average molecular weight is 183 g/mol. The summed E-state index contributed by atoms with van der Waals surface area (Å²) in [6.07, 6.45) is -5.75. The number of carbonyl (C=O) groups is 1. The molecule has 0 aromatic carbocycles. The molecule has 0 aliphatic heterocycles. The van der Waals surface area contributed by atoms with Crippen LogP contribution in [0.25, 0.3) is 0 Å². The van der Waals surface area contributed by atoms with Crippen LogP contribution in [0, 0.1) is 5.92 Å². The van der Waals surface area contributed by atoms with Gasteiger partial charge >= 0.3 is 6.18 Å². The quantitative estimate of drug-likeness (QED) is 0.717. The van der Waals surface area contributed by atoms with Crippen molar-refractivity contribution in [2.75, 3.05) is 6.54 Å². The Balaban J connectivity index is 3.72. The molecule has 72 valence electrons. The summed E-state index contributed by atoms with van der Waals surface area (Å²) >= 11 is 0. The zero-order valence-corrected chi connectivity index (χ0v) is 6.82. The van der Waals surface area contributed by atoms with Crippen LogP contribution in [0.15, 0.2) is 0 Å². The van der Waals surface area contributed by atoms with Crippen molar-refractivity contribution in [3.63, 3.8) is 0 Å². The molecule has 0 aromatic heterocycles. The van der Waals surface area contributed by atoms with Gasteiger partial charge in [0, 0.05) is 18.9 Å². The van der Waals surface area contributed by atoms with Crippen LogP contribution in [0.1, 0.15) is 19.8 Å². The molecule has 0 aliphatic rings.